The molecule has 1 aromatic carbocycles. The van der Waals surface area contributed by atoms with Gasteiger partial charge in [0.05, 0.1) is 12.9 Å². The molecule has 0 heterocycles. The van der Waals surface area contributed by atoms with Gasteiger partial charge in [0.25, 0.3) is 0 Å². The average molecular weight is 271 g/mol. The first-order valence-corrected chi connectivity index (χ1v) is 6.47. The van der Waals surface area contributed by atoms with E-state index in [2.05, 4.69) is 10.1 Å². The number of rotatable bonds is 6. The van der Waals surface area contributed by atoms with Gasteiger partial charge < -0.3 is 10.1 Å². The van der Waals surface area contributed by atoms with Crippen LogP contribution in [0.4, 0.5) is 10.1 Å². The van der Waals surface area contributed by atoms with Crippen LogP contribution in [0.2, 0.25) is 0 Å². The smallest absolute Gasteiger partial charge is 0.315 e. The molecule has 0 fully saturated rings. The maximum atomic E-state index is 12.8. The molecule has 0 atom stereocenters. The van der Waals surface area contributed by atoms with Crippen molar-refractivity contribution in [2.45, 2.75) is 6.42 Å². The van der Waals surface area contributed by atoms with Gasteiger partial charge in [-0.2, -0.15) is 0 Å². The van der Waals surface area contributed by atoms with Crippen molar-refractivity contribution in [3.05, 3.63) is 30.1 Å². The molecule has 0 aliphatic rings. The van der Waals surface area contributed by atoms with Crippen LogP contribution in [0.1, 0.15) is 6.42 Å². The zero-order valence-corrected chi connectivity index (χ0v) is 10.8. The molecule has 0 unspecified atom stereocenters. The Morgan fingerprint density at radius 2 is 2.22 bits per heavy atom. The highest BCUT2D eigenvalue weighted by molar-refractivity contribution is 7.99. The van der Waals surface area contributed by atoms with Crippen molar-refractivity contribution < 1.29 is 18.7 Å². The summed E-state index contributed by atoms with van der Waals surface area (Å²) in [6.07, 6.45) is 0.262. The topological polar surface area (TPSA) is 55.4 Å². The van der Waals surface area contributed by atoms with Gasteiger partial charge in [-0.25, -0.2) is 4.39 Å². The molecule has 4 nitrogen and oxygen atoms in total. The van der Waals surface area contributed by atoms with Crippen LogP contribution in [0.3, 0.4) is 0 Å². The van der Waals surface area contributed by atoms with Gasteiger partial charge in [-0.3, -0.25) is 9.59 Å². The normalized spacial score (nSPS) is 9.89. The lowest BCUT2D eigenvalue weighted by Gasteiger charge is -2.04. The minimum atomic E-state index is -0.395. The summed E-state index contributed by atoms with van der Waals surface area (Å²) >= 11 is 1.32. The Balaban J connectivity index is 2.24. The summed E-state index contributed by atoms with van der Waals surface area (Å²) in [5, 5.41) is 2.58. The number of anilines is 1. The van der Waals surface area contributed by atoms with Crippen LogP contribution in [0, 0.1) is 5.82 Å². The van der Waals surface area contributed by atoms with Gasteiger partial charge in [0.1, 0.15) is 5.82 Å². The summed E-state index contributed by atoms with van der Waals surface area (Å²) in [5.41, 5.74) is 0.429. The van der Waals surface area contributed by atoms with E-state index in [0.717, 1.165) is 0 Å². The zero-order valence-electron chi connectivity index (χ0n) is 9.94. The van der Waals surface area contributed by atoms with E-state index in [1.54, 1.807) is 6.07 Å². The number of ether oxygens (including phenoxy) is 1. The van der Waals surface area contributed by atoms with E-state index in [9.17, 15) is 14.0 Å². The number of amides is 1. The molecule has 0 bridgehead atoms. The summed E-state index contributed by atoms with van der Waals surface area (Å²) in [7, 11) is 1.32. The van der Waals surface area contributed by atoms with E-state index >= 15 is 0 Å². The standard InChI is InChI=1S/C12H14FNO3S/c1-17-12(16)8-18-6-5-11(15)14-10-4-2-3-9(13)7-10/h2-4,7H,5-6,8H2,1H3,(H,14,15). The van der Waals surface area contributed by atoms with E-state index < -0.39 is 5.82 Å². The Kier molecular flexibility index (Phi) is 6.21. The molecule has 0 spiro atoms. The zero-order chi connectivity index (χ0) is 13.4. The number of methoxy groups -OCH3 is 1. The molecular formula is C12H14FNO3S. The molecule has 1 rings (SSSR count). The van der Waals surface area contributed by atoms with Gasteiger partial charge in [0, 0.05) is 17.9 Å². The summed E-state index contributed by atoms with van der Waals surface area (Å²) < 4.78 is 17.3. The maximum absolute atomic E-state index is 12.8. The number of thioether (sulfide) groups is 1. The van der Waals surface area contributed by atoms with E-state index in [1.165, 1.54) is 37.1 Å². The van der Waals surface area contributed by atoms with E-state index in [0.29, 0.717) is 11.4 Å². The Hall–Kier alpha value is -1.56. The van der Waals surface area contributed by atoms with Crippen LogP contribution in [0.25, 0.3) is 0 Å². The van der Waals surface area contributed by atoms with Crippen molar-refractivity contribution in [2.24, 2.45) is 0 Å². The second-order valence-corrected chi connectivity index (χ2v) is 4.54. The second-order valence-electron chi connectivity index (χ2n) is 3.44. The van der Waals surface area contributed by atoms with Gasteiger partial charge in [-0.15, -0.1) is 11.8 Å². The summed E-state index contributed by atoms with van der Waals surface area (Å²) in [6, 6.07) is 5.70. The summed E-state index contributed by atoms with van der Waals surface area (Å²) in [5.74, 6) is -0.184. The highest BCUT2D eigenvalue weighted by Crippen LogP contribution is 2.10. The number of nitrogens with one attached hydrogen (secondary N) is 1. The summed E-state index contributed by atoms with van der Waals surface area (Å²) in [6.45, 7) is 0. The third-order valence-electron chi connectivity index (χ3n) is 2.03. The molecule has 0 aromatic heterocycles. The van der Waals surface area contributed by atoms with Crippen molar-refractivity contribution in [3.8, 4) is 0 Å². The molecule has 1 aromatic rings. The summed E-state index contributed by atoms with van der Waals surface area (Å²) in [4.78, 5) is 22.3. The molecular weight excluding hydrogens is 257 g/mol. The molecule has 0 aliphatic carbocycles. The van der Waals surface area contributed by atoms with Crippen molar-refractivity contribution in [1.82, 2.24) is 0 Å². The van der Waals surface area contributed by atoms with Crippen LogP contribution in [-0.2, 0) is 14.3 Å². The molecule has 6 heteroatoms. The fraction of sp³-hybridized carbons (Fsp3) is 0.333. The van der Waals surface area contributed by atoms with Gasteiger partial charge in [-0.05, 0) is 18.2 Å². The van der Waals surface area contributed by atoms with Gasteiger partial charge in [0.2, 0.25) is 5.91 Å². The molecule has 1 amide bonds. The predicted octanol–water partition coefficient (Wildman–Crippen LogP) is 2.06. The second kappa shape index (κ2) is 7.71. The van der Waals surface area contributed by atoms with Crippen molar-refractivity contribution >= 4 is 29.3 Å². The number of esters is 1. The number of halogens is 1. The third-order valence-corrected chi connectivity index (χ3v) is 2.96. The number of hydrogen-bond donors (Lipinski definition) is 1. The lowest BCUT2D eigenvalue weighted by Crippen LogP contribution is -2.13. The molecule has 98 valence electrons. The van der Waals surface area contributed by atoms with Gasteiger partial charge >= 0.3 is 5.97 Å². The minimum absolute atomic E-state index is 0.210. The molecule has 0 saturated carbocycles. The van der Waals surface area contributed by atoms with Crippen molar-refractivity contribution in [2.75, 3.05) is 23.9 Å². The molecule has 0 aliphatic heterocycles. The molecule has 0 radical (unpaired) electrons. The fourth-order valence-corrected chi connectivity index (χ4v) is 1.93. The highest BCUT2D eigenvalue weighted by Gasteiger charge is 2.05. The SMILES string of the molecule is COC(=O)CSCCC(=O)Nc1cccc(F)c1. The Morgan fingerprint density at radius 1 is 1.44 bits per heavy atom. The van der Waals surface area contributed by atoms with Gasteiger partial charge in [-0.1, -0.05) is 6.07 Å². The number of carbonyl (C=O) groups excluding carboxylic acids is 2. The van der Waals surface area contributed by atoms with E-state index in [-0.39, 0.29) is 24.1 Å². The third kappa shape index (κ3) is 5.67. The van der Waals surface area contributed by atoms with Crippen LogP contribution < -0.4 is 5.32 Å². The Bertz CT molecular complexity index is 426. The number of benzene rings is 1. The highest BCUT2D eigenvalue weighted by atomic mass is 32.2. The fourth-order valence-electron chi connectivity index (χ4n) is 1.17. The Labute approximate surface area is 109 Å². The Morgan fingerprint density at radius 3 is 2.89 bits per heavy atom. The lowest BCUT2D eigenvalue weighted by molar-refractivity contribution is -0.137. The molecule has 18 heavy (non-hydrogen) atoms. The molecule has 0 saturated heterocycles. The van der Waals surface area contributed by atoms with Crippen LogP contribution in [0.5, 0.6) is 0 Å². The van der Waals surface area contributed by atoms with E-state index in [4.69, 9.17) is 0 Å². The first-order chi connectivity index (χ1) is 8.61. The largest absolute Gasteiger partial charge is 0.468 e. The number of hydrogen-bond acceptors (Lipinski definition) is 4. The van der Waals surface area contributed by atoms with Gasteiger partial charge in [0.15, 0.2) is 0 Å². The quantitative estimate of drug-likeness (QED) is 0.635. The van der Waals surface area contributed by atoms with Crippen LogP contribution in [-0.4, -0.2) is 30.5 Å². The first-order valence-electron chi connectivity index (χ1n) is 5.32. The van der Waals surface area contributed by atoms with Crippen molar-refractivity contribution in [1.29, 1.82) is 0 Å². The van der Waals surface area contributed by atoms with Crippen LogP contribution >= 0.6 is 11.8 Å². The van der Waals surface area contributed by atoms with Crippen LogP contribution in [0.15, 0.2) is 24.3 Å². The maximum Gasteiger partial charge on any atom is 0.315 e. The molecule has 1 N–H and O–H groups in total. The monoisotopic (exact) mass is 271 g/mol. The van der Waals surface area contributed by atoms with Crippen molar-refractivity contribution in [3.63, 3.8) is 0 Å². The number of carbonyl (C=O) groups is 2. The van der Waals surface area contributed by atoms with E-state index in [1.807, 2.05) is 0 Å². The average Bonchev–Trinajstić information content (AvgIpc) is 2.34. The minimum Gasteiger partial charge on any atom is -0.468 e. The predicted molar refractivity (Wildman–Crippen MR) is 69.0 cm³/mol. The lowest BCUT2D eigenvalue weighted by atomic mass is 10.3. The first kappa shape index (κ1) is 14.5.